The molecule has 0 aliphatic carbocycles. The molecule has 0 amide bonds. The summed E-state index contributed by atoms with van der Waals surface area (Å²) >= 11 is 0. The minimum Gasteiger partial charge on any atom is -0.508 e. The highest BCUT2D eigenvalue weighted by atomic mass is 16.3. The Morgan fingerprint density at radius 3 is 2.56 bits per heavy atom. The Hall–Kier alpha value is -1.18. The van der Waals surface area contributed by atoms with Gasteiger partial charge in [-0.05, 0) is 18.6 Å². The highest BCUT2D eigenvalue weighted by molar-refractivity contribution is 5.48. The van der Waals surface area contributed by atoms with E-state index in [0.717, 1.165) is 0 Å². The van der Waals surface area contributed by atoms with Gasteiger partial charge in [-0.25, -0.2) is 0 Å². The van der Waals surface area contributed by atoms with E-state index in [1.165, 1.54) is 6.07 Å². The first-order valence-electron chi connectivity index (χ1n) is 2.60. The summed E-state index contributed by atoms with van der Waals surface area (Å²) in [5, 5.41) is 8.96. The van der Waals surface area contributed by atoms with Crippen LogP contribution in [0.2, 0.25) is 0 Å². The van der Waals surface area contributed by atoms with Crippen LogP contribution in [0.25, 0.3) is 0 Å². The molecule has 0 aliphatic heterocycles. The molecule has 0 heterocycles. The van der Waals surface area contributed by atoms with Crippen molar-refractivity contribution in [1.29, 1.82) is 0 Å². The normalized spacial score (nSPS) is 9.44. The summed E-state index contributed by atoms with van der Waals surface area (Å²) in [4.78, 5) is 0. The number of hydrogen-bond acceptors (Lipinski definition) is 2. The molecule has 9 heavy (non-hydrogen) atoms. The van der Waals surface area contributed by atoms with Crippen molar-refractivity contribution in [2.45, 2.75) is 0 Å². The molecule has 1 radical (unpaired) electrons. The zero-order valence-electron chi connectivity index (χ0n) is 4.96. The number of rotatable bonds is 0. The molecule has 0 fully saturated rings. The SMILES string of the molecule is [CH2]c1ccc(N)cc1O. The number of aromatic hydroxyl groups is 1. The first-order chi connectivity index (χ1) is 4.20. The minimum atomic E-state index is 0.148. The number of phenols is 1. The van der Waals surface area contributed by atoms with Crippen molar-refractivity contribution in [3.05, 3.63) is 30.7 Å². The first-order valence-corrected chi connectivity index (χ1v) is 2.60. The molecule has 2 nitrogen and oxygen atoms in total. The third kappa shape index (κ3) is 1.13. The molecule has 0 saturated heterocycles. The Morgan fingerprint density at radius 2 is 2.11 bits per heavy atom. The van der Waals surface area contributed by atoms with Gasteiger partial charge in [0.05, 0.1) is 0 Å². The van der Waals surface area contributed by atoms with Gasteiger partial charge >= 0.3 is 0 Å². The van der Waals surface area contributed by atoms with E-state index in [4.69, 9.17) is 10.8 Å². The van der Waals surface area contributed by atoms with Crippen LogP contribution in [0.3, 0.4) is 0 Å². The molecular formula is C7H8NO. The molecule has 2 heteroatoms. The van der Waals surface area contributed by atoms with Crippen LogP contribution in [-0.4, -0.2) is 5.11 Å². The lowest BCUT2D eigenvalue weighted by Gasteiger charge is -1.96. The van der Waals surface area contributed by atoms with Gasteiger partial charge in [0.25, 0.3) is 0 Å². The maximum Gasteiger partial charge on any atom is 0.120 e. The lowest BCUT2D eigenvalue weighted by molar-refractivity contribution is 0.473. The zero-order valence-corrected chi connectivity index (χ0v) is 4.96. The second kappa shape index (κ2) is 1.97. The van der Waals surface area contributed by atoms with E-state index in [-0.39, 0.29) is 5.75 Å². The molecule has 0 spiro atoms. The Bertz CT molecular complexity index is 220. The number of hydrogen-bond donors (Lipinski definition) is 2. The fourth-order valence-electron chi connectivity index (χ4n) is 0.581. The van der Waals surface area contributed by atoms with E-state index in [1.54, 1.807) is 12.1 Å². The van der Waals surface area contributed by atoms with Crippen LogP contribution in [0, 0.1) is 6.92 Å². The Balaban J connectivity index is 3.17. The van der Waals surface area contributed by atoms with E-state index >= 15 is 0 Å². The summed E-state index contributed by atoms with van der Waals surface area (Å²) in [7, 11) is 0. The highest BCUT2D eigenvalue weighted by Gasteiger charge is 1.92. The van der Waals surface area contributed by atoms with Crippen molar-refractivity contribution < 1.29 is 5.11 Å². The van der Waals surface area contributed by atoms with Gasteiger partial charge in [-0.2, -0.15) is 0 Å². The van der Waals surface area contributed by atoms with Crippen molar-refractivity contribution in [3.63, 3.8) is 0 Å². The van der Waals surface area contributed by atoms with Crippen LogP contribution in [0.4, 0.5) is 5.69 Å². The molecule has 0 unspecified atom stereocenters. The number of nitrogens with two attached hydrogens (primary N) is 1. The van der Waals surface area contributed by atoms with E-state index in [9.17, 15) is 0 Å². The average Bonchev–Trinajstić information content (AvgIpc) is 1.80. The summed E-state index contributed by atoms with van der Waals surface area (Å²) in [6.07, 6.45) is 0. The standard InChI is InChI=1S/C7H8NO/c1-5-2-3-6(8)4-7(5)9/h2-4,9H,1,8H2. The topological polar surface area (TPSA) is 46.2 Å². The van der Waals surface area contributed by atoms with Gasteiger partial charge < -0.3 is 10.8 Å². The van der Waals surface area contributed by atoms with E-state index < -0.39 is 0 Å². The monoisotopic (exact) mass is 122 g/mol. The quantitative estimate of drug-likeness (QED) is 0.507. The fraction of sp³-hybridized carbons (Fsp3) is 0. The number of phenolic OH excluding ortho intramolecular Hbond substituents is 1. The fourth-order valence-corrected chi connectivity index (χ4v) is 0.581. The van der Waals surface area contributed by atoms with Gasteiger partial charge in [0.1, 0.15) is 5.75 Å². The maximum absolute atomic E-state index is 8.96. The summed E-state index contributed by atoms with van der Waals surface area (Å²) in [6.45, 7) is 3.56. The molecule has 0 saturated carbocycles. The van der Waals surface area contributed by atoms with Crippen LogP contribution < -0.4 is 5.73 Å². The van der Waals surface area contributed by atoms with Crippen LogP contribution in [-0.2, 0) is 0 Å². The van der Waals surface area contributed by atoms with Crippen molar-refractivity contribution >= 4 is 5.69 Å². The van der Waals surface area contributed by atoms with Crippen LogP contribution in [0.1, 0.15) is 5.56 Å². The number of anilines is 1. The van der Waals surface area contributed by atoms with Gasteiger partial charge in [-0.1, -0.05) is 6.07 Å². The second-order valence-corrected chi connectivity index (χ2v) is 1.89. The molecule has 47 valence electrons. The molecule has 3 N–H and O–H groups in total. The van der Waals surface area contributed by atoms with Crippen molar-refractivity contribution in [2.75, 3.05) is 5.73 Å². The highest BCUT2D eigenvalue weighted by Crippen LogP contribution is 2.17. The molecule has 0 aromatic heterocycles. The average molecular weight is 122 g/mol. The third-order valence-electron chi connectivity index (χ3n) is 1.11. The smallest absolute Gasteiger partial charge is 0.120 e. The number of benzene rings is 1. The summed E-state index contributed by atoms with van der Waals surface area (Å²) < 4.78 is 0. The predicted octanol–water partition coefficient (Wildman–Crippen LogP) is 1.16. The molecule has 0 bridgehead atoms. The van der Waals surface area contributed by atoms with Gasteiger partial charge in [0.15, 0.2) is 0 Å². The summed E-state index contributed by atoms with van der Waals surface area (Å²) in [5.41, 5.74) is 6.50. The van der Waals surface area contributed by atoms with Crippen LogP contribution in [0.5, 0.6) is 5.75 Å². The molecule has 1 aromatic rings. The van der Waals surface area contributed by atoms with E-state index in [2.05, 4.69) is 6.92 Å². The second-order valence-electron chi connectivity index (χ2n) is 1.89. The van der Waals surface area contributed by atoms with Crippen molar-refractivity contribution in [3.8, 4) is 5.75 Å². The zero-order chi connectivity index (χ0) is 6.85. The Kier molecular flexibility index (Phi) is 1.30. The molecular weight excluding hydrogens is 114 g/mol. The van der Waals surface area contributed by atoms with Gasteiger partial charge in [-0.15, -0.1) is 0 Å². The van der Waals surface area contributed by atoms with Gasteiger partial charge in [0.2, 0.25) is 0 Å². The number of nitrogen functional groups attached to an aromatic ring is 1. The van der Waals surface area contributed by atoms with E-state index in [1.807, 2.05) is 0 Å². The van der Waals surface area contributed by atoms with E-state index in [0.29, 0.717) is 11.3 Å². The third-order valence-corrected chi connectivity index (χ3v) is 1.11. The summed E-state index contributed by atoms with van der Waals surface area (Å²) in [5.74, 6) is 0.148. The Labute approximate surface area is 53.9 Å². The molecule has 1 rings (SSSR count). The predicted molar refractivity (Wildman–Crippen MR) is 37.0 cm³/mol. The molecule has 1 aromatic carbocycles. The lowest BCUT2D eigenvalue weighted by atomic mass is 10.2. The first kappa shape index (κ1) is 5.95. The van der Waals surface area contributed by atoms with Crippen LogP contribution >= 0.6 is 0 Å². The van der Waals surface area contributed by atoms with Crippen molar-refractivity contribution in [1.82, 2.24) is 0 Å². The van der Waals surface area contributed by atoms with Gasteiger partial charge in [0, 0.05) is 11.8 Å². The molecule has 0 aliphatic rings. The van der Waals surface area contributed by atoms with Gasteiger partial charge in [-0.3, -0.25) is 0 Å². The lowest BCUT2D eigenvalue weighted by Crippen LogP contribution is -1.83. The minimum absolute atomic E-state index is 0.148. The maximum atomic E-state index is 8.96. The largest absolute Gasteiger partial charge is 0.508 e. The summed E-state index contributed by atoms with van der Waals surface area (Å²) in [6, 6.07) is 4.84. The Morgan fingerprint density at radius 1 is 1.44 bits per heavy atom. The van der Waals surface area contributed by atoms with Crippen molar-refractivity contribution in [2.24, 2.45) is 0 Å². The van der Waals surface area contributed by atoms with Crippen LogP contribution in [0.15, 0.2) is 18.2 Å². The molecule has 0 atom stereocenters.